The Labute approximate surface area is 392 Å². The first-order chi connectivity index (χ1) is 28.6. The van der Waals surface area contributed by atoms with Crippen LogP contribution in [-0.4, -0.2) is 15.0 Å². The molecule has 1 aliphatic rings. The van der Waals surface area contributed by atoms with Crippen LogP contribution in [0, 0.1) is 0 Å². The van der Waals surface area contributed by atoms with Gasteiger partial charge in [0.25, 0.3) is 0 Å². The molecule has 0 fully saturated rings. The molecule has 0 N–H and O–H groups in total. The number of fused-ring (bicyclic) bond motifs is 2. The van der Waals surface area contributed by atoms with E-state index in [-0.39, 0.29) is 21.7 Å². The van der Waals surface area contributed by atoms with Crippen LogP contribution in [0.3, 0.4) is 0 Å². The molecule has 0 saturated heterocycles. The summed E-state index contributed by atoms with van der Waals surface area (Å²) in [5.41, 5.74) is 15.4. The Morgan fingerprint density at radius 1 is 0.532 bits per heavy atom. The van der Waals surface area contributed by atoms with Crippen molar-refractivity contribution < 1.29 is 4.42 Å². The third-order valence-electron chi connectivity index (χ3n) is 9.86. The van der Waals surface area contributed by atoms with Gasteiger partial charge in [-0.25, -0.2) is 9.97 Å². The summed E-state index contributed by atoms with van der Waals surface area (Å²) in [5.74, 6) is 0. The Morgan fingerprint density at radius 2 is 1.16 bits per heavy atom. The third kappa shape index (κ3) is 17.8. The van der Waals surface area contributed by atoms with Crippen LogP contribution in [0.5, 0.6) is 0 Å². The molecule has 7 aromatic rings. The highest BCUT2D eigenvalue weighted by molar-refractivity contribution is 7.10. The van der Waals surface area contributed by atoms with E-state index in [1.807, 2.05) is 34.6 Å². The summed E-state index contributed by atoms with van der Waals surface area (Å²) in [6, 6.07) is 19.4. The topological polar surface area (TPSA) is 51.8 Å². The average Bonchev–Trinajstić information content (AvgIpc) is 4.02. The van der Waals surface area contributed by atoms with Crippen molar-refractivity contribution in [3.8, 4) is 0 Å². The molecule has 0 bridgehead atoms. The van der Waals surface area contributed by atoms with Gasteiger partial charge in [0.15, 0.2) is 12.0 Å². The second-order valence-corrected chi connectivity index (χ2v) is 25.1. The molecule has 336 valence electrons. The molecule has 2 aromatic carbocycles. The van der Waals surface area contributed by atoms with E-state index in [2.05, 4.69) is 222 Å². The van der Waals surface area contributed by atoms with Crippen molar-refractivity contribution >= 4 is 62.5 Å². The van der Waals surface area contributed by atoms with E-state index in [1.165, 1.54) is 49.7 Å². The number of hydrogen-bond donors (Lipinski definition) is 0. The van der Waals surface area contributed by atoms with Crippen molar-refractivity contribution in [1.29, 1.82) is 0 Å². The molecule has 0 atom stereocenters. The van der Waals surface area contributed by atoms with Crippen LogP contribution >= 0.6 is 45.3 Å². The maximum atomic E-state index is 5.17. The molecule has 0 radical (unpaired) electrons. The van der Waals surface area contributed by atoms with Gasteiger partial charge in [-0.3, -0.25) is 4.98 Å². The highest BCUT2D eigenvalue weighted by atomic mass is 32.1. The number of rotatable bonds is 0. The minimum Gasteiger partial charge on any atom is -0.443 e. The normalized spacial score (nSPS) is 12.5. The quantitative estimate of drug-likeness (QED) is 0.152. The van der Waals surface area contributed by atoms with Gasteiger partial charge in [-0.1, -0.05) is 167 Å². The second kappa shape index (κ2) is 22.3. The van der Waals surface area contributed by atoms with Gasteiger partial charge in [0.1, 0.15) is 5.52 Å². The molecule has 8 rings (SSSR count). The summed E-state index contributed by atoms with van der Waals surface area (Å²) in [6.45, 7) is 39.8. The molecule has 0 amide bonds. The molecule has 0 aliphatic heterocycles. The van der Waals surface area contributed by atoms with E-state index < -0.39 is 0 Å². The Bertz CT molecular complexity index is 2130. The number of nitrogens with zero attached hydrogens (tertiary/aromatic N) is 3. The second-order valence-electron chi connectivity index (χ2n) is 21.8. The Kier molecular flexibility index (Phi) is 18.9. The van der Waals surface area contributed by atoms with E-state index in [9.17, 15) is 0 Å². The first-order valence-electron chi connectivity index (χ1n) is 21.5. The zero-order chi connectivity index (χ0) is 46.6. The van der Waals surface area contributed by atoms with Crippen LogP contribution in [0.1, 0.15) is 168 Å². The molecular weight excluding hydrogens is 835 g/mol. The van der Waals surface area contributed by atoms with Crippen LogP contribution in [0.2, 0.25) is 0 Å². The number of oxazole rings is 1. The van der Waals surface area contributed by atoms with Gasteiger partial charge in [0.05, 0.1) is 16.7 Å². The molecule has 0 saturated carbocycles. The molecule has 5 aromatic heterocycles. The van der Waals surface area contributed by atoms with Crippen LogP contribution < -0.4 is 0 Å². The smallest absolute Gasteiger partial charge is 0.181 e. The Hall–Kier alpha value is -3.69. The van der Waals surface area contributed by atoms with Gasteiger partial charge in [0.2, 0.25) is 0 Å². The van der Waals surface area contributed by atoms with Crippen LogP contribution in [-0.2, 0) is 38.9 Å². The zero-order valence-corrected chi connectivity index (χ0v) is 44.3. The number of aromatic nitrogens is 3. The van der Waals surface area contributed by atoms with Gasteiger partial charge in [-0.05, 0) is 102 Å². The van der Waals surface area contributed by atoms with E-state index in [1.54, 1.807) is 34.0 Å². The van der Waals surface area contributed by atoms with Gasteiger partial charge in [0, 0.05) is 26.7 Å². The summed E-state index contributed by atoms with van der Waals surface area (Å²) < 4.78 is 5.17. The average molecular weight is 910 g/mol. The van der Waals surface area contributed by atoms with Gasteiger partial charge in [-0.15, -0.1) is 34.0 Å². The molecule has 5 heterocycles. The van der Waals surface area contributed by atoms with Crippen LogP contribution in [0.25, 0.3) is 17.2 Å². The largest absolute Gasteiger partial charge is 0.443 e. The van der Waals surface area contributed by atoms with Crippen LogP contribution in [0.4, 0.5) is 0 Å². The van der Waals surface area contributed by atoms with Crippen molar-refractivity contribution in [2.24, 2.45) is 0 Å². The van der Waals surface area contributed by atoms with Gasteiger partial charge < -0.3 is 4.42 Å². The lowest BCUT2D eigenvalue weighted by molar-refractivity contribution is 0.573. The molecule has 8 heteroatoms. The minimum absolute atomic E-state index is 0.174. The lowest BCUT2D eigenvalue weighted by atomic mass is 9.85. The van der Waals surface area contributed by atoms with Crippen molar-refractivity contribution in [1.82, 2.24) is 15.0 Å². The number of allylic oxidation sites excluding steroid dienone is 1. The van der Waals surface area contributed by atoms with Crippen molar-refractivity contribution in [3.05, 3.63) is 149 Å². The summed E-state index contributed by atoms with van der Waals surface area (Å²) in [7, 11) is 0. The highest BCUT2D eigenvalue weighted by Crippen LogP contribution is 2.29. The SMILES string of the molecule is CC(C)(C)c1ccc2c(c1)CC=C2.CC(C)(C)c1ccc2ocnc2c1.CC(C)(C)c1cccs1.CC(C)(C)c1ccsc1.CC(C)(C)c1cncs1.CC(C)(C)c1cscn1. The van der Waals surface area contributed by atoms with Crippen LogP contribution in [0.15, 0.2) is 110 Å². The standard InChI is InChI=1S/C13H16.C11H13NO.2C8H12S.2C7H11NS/c1-13(2,3)12-8-7-10-5-4-6-11(10)9-12;1-11(2,3)8-4-5-10-9(6-8)12-7-13-10;1-8(2,3)7-4-5-9-6-7;1-8(2,3)7-5-4-6-9-7;1-7(2,3)6-4-9-5-8-6;1-7(2,3)6-4-8-5-9-6/h4-5,7-9H,6H2,1-3H3;4-7H,1-3H3;2*4-6H,1-3H3;2*4-5H,1-3H3. The summed E-state index contributed by atoms with van der Waals surface area (Å²) in [5, 5.41) is 8.56. The third-order valence-corrected chi connectivity index (χ3v) is 13.6. The summed E-state index contributed by atoms with van der Waals surface area (Å²) in [4.78, 5) is 15.1. The zero-order valence-electron chi connectivity index (χ0n) is 41.1. The molecule has 4 nitrogen and oxygen atoms in total. The molecule has 62 heavy (non-hydrogen) atoms. The van der Waals surface area contributed by atoms with Crippen molar-refractivity contribution in [2.45, 2.75) is 164 Å². The fourth-order valence-corrected chi connectivity index (χ4v) is 8.80. The maximum absolute atomic E-state index is 5.17. The summed E-state index contributed by atoms with van der Waals surface area (Å²) >= 11 is 6.97. The molecular formula is C54H75N3OS4. The minimum atomic E-state index is 0.174. The van der Waals surface area contributed by atoms with E-state index >= 15 is 0 Å². The Morgan fingerprint density at radius 3 is 1.58 bits per heavy atom. The van der Waals surface area contributed by atoms with E-state index in [4.69, 9.17) is 4.42 Å². The maximum Gasteiger partial charge on any atom is 0.181 e. The van der Waals surface area contributed by atoms with E-state index in [0.717, 1.165) is 17.5 Å². The van der Waals surface area contributed by atoms with Gasteiger partial charge in [-0.2, -0.15) is 11.3 Å². The number of hydrogen-bond acceptors (Lipinski definition) is 8. The fraction of sp³-hybridized carbons (Fsp3) is 0.463. The van der Waals surface area contributed by atoms with Crippen molar-refractivity contribution in [2.75, 3.05) is 0 Å². The van der Waals surface area contributed by atoms with Gasteiger partial charge >= 0.3 is 0 Å². The fourth-order valence-electron chi connectivity index (χ4n) is 5.61. The highest BCUT2D eigenvalue weighted by Gasteiger charge is 2.18. The van der Waals surface area contributed by atoms with Crippen molar-refractivity contribution in [3.63, 3.8) is 0 Å². The monoisotopic (exact) mass is 909 g/mol. The first kappa shape index (κ1) is 52.7. The molecule has 1 aliphatic carbocycles. The number of thiazole rings is 2. The molecule has 0 spiro atoms. The number of benzene rings is 2. The first-order valence-corrected chi connectivity index (χ1v) is 25.2. The lowest BCUT2D eigenvalue weighted by Crippen LogP contribution is -2.11. The predicted octanol–water partition coefficient (Wildman–Crippen LogP) is 17.7. The molecule has 0 unspecified atom stereocenters. The van der Waals surface area contributed by atoms with E-state index in [0.29, 0.717) is 10.8 Å². The summed E-state index contributed by atoms with van der Waals surface area (Å²) in [6.07, 6.45) is 8.97. The predicted molar refractivity (Wildman–Crippen MR) is 278 cm³/mol. The Balaban J connectivity index is 0.000000200. The lowest BCUT2D eigenvalue weighted by Gasteiger charge is -2.19. The number of thiophene rings is 2.